The predicted molar refractivity (Wildman–Crippen MR) is 141 cm³/mol. The quantitative estimate of drug-likeness (QED) is 0.384. The van der Waals surface area contributed by atoms with Crippen LogP contribution in [0.25, 0.3) is 0 Å². The van der Waals surface area contributed by atoms with Gasteiger partial charge in [0.2, 0.25) is 11.9 Å². The van der Waals surface area contributed by atoms with Crippen LogP contribution in [0.1, 0.15) is 30.4 Å². The minimum atomic E-state index is -4.95. The van der Waals surface area contributed by atoms with E-state index in [0.717, 1.165) is 12.1 Å². The maximum absolute atomic E-state index is 13.7. The summed E-state index contributed by atoms with van der Waals surface area (Å²) in [5, 5.41) is 5.62. The molecule has 45 heavy (non-hydrogen) atoms. The predicted octanol–water partition coefficient (Wildman–Crippen LogP) is 4.03. The number of hydrogen-bond donors (Lipinski definition) is 1. The number of anilines is 2. The maximum atomic E-state index is 13.7. The first kappa shape index (κ1) is 31.9. The number of aromatic amines is 1. The van der Waals surface area contributed by atoms with Crippen LogP contribution in [0.5, 0.6) is 5.75 Å². The zero-order chi connectivity index (χ0) is 32.5. The summed E-state index contributed by atoms with van der Waals surface area (Å²) in [5.41, 5.74) is -3.86. The van der Waals surface area contributed by atoms with Crippen molar-refractivity contribution in [2.45, 2.75) is 43.8 Å². The molecule has 5 rings (SSSR count). The topological polar surface area (TPSA) is 108 Å². The third-order valence-electron chi connectivity index (χ3n) is 7.53. The Balaban J connectivity index is 1.24. The first-order chi connectivity index (χ1) is 21.2. The van der Waals surface area contributed by atoms with Gasteiger partial charge in [-0.05, 0) is 18.6 Å². The van der Waals surface area contributed by atoms with Crippen LogP contribution in [0.3, 0.4) is 0 Å². The van der Waals surface area contributed by atoms with Gasteiger partial charge in [-0.1, -0.05) is 0 Å². The van der Waals surface area contributed by atoms with Gasteiger partial charge in [-0.2, -0.15) is 31.4 Å². The molecule has 2 saturated heterocycles. The lowest BCUT2D eigenvalue weighted by Gasteiger charge is -2.35. The number of alkyl halides is 6. The van der Waals surface area contributed by atoms with E-state index in [-0.39, 0.29) is 75.4 Å². The summed E-state index contributed by atoms with van der Waals surface area (Å²) < 4.78 is 112. The van der Waals surface area contributed by atoms with Crippen molar-refractivity contribution >= 4 is 17.7 Å². The number of ether oxygens (including phenoxy) is 1. The molecular weight excluding hydrogens is 622 g/mol. The smallest absolute Gasteiger partial charge is 0.421 e. The lowest BCUT2D eigenvalue weighted by Crippen LogP contribution is -2.49. The SMILES string of the molecule is O=C(CC[C@@H]1C[C@H](Oc2ccc(F)c(F)c2)CN1c1cc(C(F)(F)F)c(=O)[nH]n1)N1CCN(c2ncc(C(F)(F)F)cn2)CC1. The van der Waals surface area contributed by atoms with E-state index in [2.05, 4.69) is 15.1 Å². The number of carbonyl (C=O) groups excluding carboxylic acids is 1. The number of nitrogens with zero attached hydrogens (tertiary/aromatic N) is 6. The molecule has 2 aromatic heterocycles. The van der Waals surface area contributed by atoms with E-state index in [1.165, 1.54) is 11.0 Å². The molecule has 2 aliphatic rings. The minimum absolute atomic E-state index is 0.00381. The number of hydrogen-bond acceptors (Lipinski definition) is 8. The first-order valence-electron chi connectivity index (χ1n) is 13.7. The second-order valence-corrected chi connectivity index (χ2v) is 10.5. The Morgan fingerprint density at radius 1 is 0.956 bits per heavy atom. The van der Waals surface area contributed by atoms with E-state index in [1.807, 2.05) is 5.10 Å². The minimum Gasteiger partial charge on any atom is -0.488 e. The van der Waals surface area contributed by atoms with Crippen LogP contribution in [-0.4, -0.2) is 75.8 Å². The van der Waals surface area contributed by atoms with Crippen molar-refractivity contribution in [3.63, 3.8) is 0 Å². The molecule has 0 unspecified atom stereocenters. The van der Waals surface area contributed by atoms with Crippen LogP contribution in [0.2, 0.25) is 0 Å². The molecule has 1 aromatic carbocycles. The Morgan fingerprint density at radius 2 is 1.64 bits per heavy atom. The average Bonchev–Trinajstić information content (AvgIpc) is 3.39. The molecule has 18 heteroatoms. The van der Waals surface area contributed by atoms with Crippen LogP contribution in [-0.2, 0) is 17.1 Å². The molecule has 0 spiro atoms. The van der Waals surface area contributed by atoms with Gasteiger partial charge in [0.05, 0.1) is 12.1 Å². The molecule has 2 atom stereocenters. The maximum Gasteiger partial charge on any atom is 0.421 e. The number of carbonyl (C=O) groups is 1. The molecule has 1 amide bonds. The summed E-state index contributed by atoms with van der Waals surface area (Å²) >= 11 is 0. The third kappa shape index (κ3) is 7.42. The fraction of sp³-hybridized carbons (Fsp3) is 0.444. The molecule has 4 heterocycles. The summed E-state index contributed by atoms with van der Waals surface area (Å²) in [6, 6.07) is 2.94. The number of halogens is 8. The number of nitrogens with one attached hydrogen (secondary N) is 1. The van der Waals surface area contributed by atoms with E-state index in [1.54, 1.807) is 9.80 Å². The highest BCUT2D eigenvalue weighted by molar-refractivity contribution is 5.76. The lowest BCUT2D eigenvalue weighted by atomic mass is 10.1. The van der Waals surface area contributed by atoms with Gasteiger partial charge in [-0.15, -0.1) is 0 Å². The van der Waals surface area contributed by atoms with Crippen molar-refractivity contribution in [3.05, 3.63) is 69.8 Å². The van der Waals surface area contributed by atoms with Crippen LogP contribution >= 0.6 is 0 Å². The monoisotopic (exact) mass is 647 g/mol. The zero-order valence-corrected chi connectivity index (χ0v) is 23.2. The van der Waals surface area contributed by atoms with E-state index >= 15 is 0 Å². The molecule has 0 saturated carbocycles. The number of aromatic nitrogens is 4. The average molecular weight is 648 g/mol. The molecule has 2 aliphatic heterocycles. The van der Waals surface area contributed by atoms with Gasteiger partial charge >= 0.3 is 12.4 Å². The molecule has 0 aliphatic carbocycles. The van der Waals surface area contributed by atoms with Gasteiger partial charge in [0.25, 0.3) is 5.56 Å². The van der Waals surface area contributed by atoms with Gasteiger partial charge in [-0.25, -0.2) is 23.8 Å². The molecule has 3 aromatic rings. The number of benzene rings is 1. The Hall–Kier alpha value is -4.51. The lowest BCUT2D eigenvalue weighted by molar-refractivity contribution is -0.139. The summed E-state index contributed by atoms with van der Waals surface area (Å²) in [6.07, 6.45) is -8.54. The summed E-state index contributed by atoms with van der Waals surface area (Å²) in [4.78, 5) is 37.1. The van der Waals surface area contributed by atoms with Crippen molar-refractivity contribution in [1.82, 2.24) is 25.1 Å². The fourth-order valence-corrected chi connectivity index (χ4v) is 5.24. The second-order valence-electron chi connectivity index (χ2n) is 10.5. The highest BCUT2D eigenvalue weighted by Crippen LogP contribution is 2.33. The summed E-state index contributed by atoms with van der Waals surface area (Å²) in [7, 11) is 0. The molecule has 10 nitrogen and oxygen atoms in total. The number of rotatable bonds is 7. The molecule has 242 valence electrons. The summed E-state index contributed by atoms with van der Waals surface area (Å²) in [5.74, 6) is -2.62. The van der Waals surface area contributed by atoms with Crippen LogP contribution in [0.4, 0.5) is 46.9 Å². The number of amides is 1. The van der Waals surface area contributed by atoms with Gasteiger partial charge in [0.1, 0.15) is 23.2 Å². The van der Waals surface area contributed by atoms with Crippen LogP contribution in [0, 0.1) is 11.6 Å². The van der Waals surface area contributed by atoms with Gasteiger partial charge in [0, 0.05) is 69.6 Å². The van der Waals surface area contributed by atoms with E-state index in [4.69, 9.17) is 4.74 Å². The van der Waals surface area contributed by atoms with Gasteiger partial charge in [-0.3, -0.25) is 9.59 Å². The Morgan fingerprint density at radius 3 is 2.27 bits per heavy atom. The molecule has 0 bridgehead atoms. The molecular formula is C27H25F8N7O3. The molecule has 1 N–H and O–H groups in total. The number of H-pyrrole nitrogens is 1. The highest BCUT2D eigenvalue weighted by atomic mass is 19.4. The third-order valence-corrected chi connectivity index (χ3v) is 7.53. The normalized spacial score (nSPS) is 19.2. The van der Waals surface area contributed by atoms with Crippen LogP contribution < -0.4 is 20.1 Å². The van der Waals surface area contributed by atoms with Crippen molar-refractivity contribution in [2.75, 3.05) is 42.5 Å². The number of piperazine rings is 1. The van der Waals surface area contributed by atoms with Crippen molar-refractivity contribution in [3.8, 4) is 5.75 Å². The zero-order valence-electron chi connectivity index (χ0n) is 23.2. The summed E-state index contributed by atoms with van der Waals surface area (Å²) in [6.45, 7) is 0.961. The fourth-order valence-electron chi connectivity index (χ4n) is 5.24. The van der Waals surface area contributed by atoms with Crippen molar-refractivity contribution < 1.29 is 44.7 Å². The van der Waals surface area contributed by atoms with E-state index in [9.17, 15) is 44.7 Å². The largest absolute Gasteiger partial charge is 0.488 e. The highest BCUT2D eigenvalue weighted by Gasteiger charge is 2.39. The first-order valence-corrected chi connectivity index (χ1v) is 13.7. The molecule has 2 fully saturated rings. The van der Waals surface area contributed by atoms with E-state index in [0.29, 0.717) is 18.5 Å². The Bertz CT molecular complexity index is 1570. The molecule has 0 radical (unpaired) electrons. The van der Waals surface area contributed by atoms with Crippen LogP contribution in [0.15, 0.2) is 41.5 Å². The Kier molecular flexibility index (Phi) is 8.84. The van der Waals surface area contributed by atoms with Crippen molar-refractivity contribution in [1.29, 1.82) is 0 Å². The van der Waals surface area contributed by atoms with Gasteiger partial charge < -0.3 is 19.4 Å². The van der Waals surface area contributed by atoms with E-state index < -0.39 is 52.8 Å². The van der Waals surface area contributed by atoms with Crippen molar-refractivity contribution in [2.24, 2.45) is 0 Å². The Labute approximate surface area is 249 Å². The second kappa shape index (κ2) is 12.5. The van der Waals surface area contributed by atoms with Gasteiger partial charge in [0.15, 0.2) is 11.6 Å². The standard InChI is InChI=1S/C27H25F8N7O3/c28-20-3-2-17(10-21(20)29)45-18-9-16(42(14-18)22-11-19(27(33,34)35)24(44)39-38-22)1-4-23(43)40-5-7-41(8-6-40)25-36-12-15(13-37-25)26(30,31)32/h2-3,10-13,16,18H,1,4-9,14H2,(H,39,44)/t16-,18+/m1/s1.